The summed E-state index contributed by atoms with van der Waals surface area (Å²) in [7, 11) is 4.09. The van der Waals surface area contributed by atoms with E-state index in [0.717, 1.165) is 51.1 Å². The van der Waals surface area contributed by atoms with Crippen molar-refractivity contribution >= 4 is 6.03 Å². The highest BCUT2D eigenvalue weighted by Crippen LogP contribution is 2.13. The summed E-state index contributed by atoms with van der Waals surface area (Å²) in [4.78, 5) is 21.3. The van der Waals surface area contributed by atoms with Crippen LogP contribution in [0.15, 0.2) is 24.4 Å². The van der Waals surface area contributed by atoms with Crippen molar-refractivity contribution in [2.45, 2.75) is 51.7 Å². The van der Waals surface area contributed by atoms with Crippen LogP contribution < -0.4 is 10.6 Å². The topological polar surface area (TPSA) is 60.5 Å². The van der Waals surface area contributed by atoms with E-state index in [1.165, 1.54) is 0 Å². The zero-order valence-electron chi connectivity index (χ0n) is 16.7. The summed E-state index contributed by atoms with van der Waals surface area (Å²) in [6.07, 6.45) is 4.81. The monoisotopic (exact) mass is 361 g/mol. The maximum atomic E-state index is 12.4. The number of amides is 2. The van der Waals surface area contributed by atoms with Gasteiger partial charge in [-0.2, -0.15) is 0 Å². The molecule has 1 unspecified atom stereocenters. The van der Waals surface area contributed by atoms with Crippen molar-refractivity contribution < 1.29 is 4.79 Å². The fourth-order valence-electron chi connectivity index (χ4n) is 3.56. The van der Waals surface area contributed by atoms with E-state index in [-0.39, 0.29) is 18.1 Å². The first kappa shape index (κ1) is 20.6. The van der Waals surface area contributed by atoms with Crippen LogP contribution in [0.2, 0.25) is 0 Å². The Kier molecular flexibility index (Phi) is 8.32. The minimum absolute atomic E-state index is 0.0272. The van der Waals surface area contributed by atoms with Gasteiger partial charge in [-0.05, 0) is 51.4 Å². The zero-order valence-corrected chi connectivity index (χ0v) is 16.7. The van der Waals surface area contributed by atoms with E-state index >= 15 is 0 Å². The van der Waals surface area contributed by atoms with E-state index in [1.54, 1.807) is 0 Å². The normalized spacial score (nSPS) is 17.5. The molecule has 1 aromatic heterocycles. The molecule has 2 heterocycles. The largest absolute Gasteiger partial charge is 0.335 e. The van der Waals surface area contributed by atoms with E-state index in [1.807, 2.05) is 32.4 Å². The molecule has 0 saturated carbocycles. The molecule has 6 nitrogen and oxygen atoms in total. The number of hydrogen-bond donors (Lipinski definition) is 2. The highest BCUT2D eigenvalue weighted by atomic mass is 16.2. The lowest BCUT2D eigenvalue weighted by molar-refractivity contribution is 0.182. The van der Waals surface area contributed by atoms with Crippen molar-refractivity contribution in [3.8, 4) is 0 Å². The quantitative estimate of drug-likeness (QED) is 0.746. The Bertz CT molecular complexity index is 516. The summed E-state index contributed by atoms with van der Waals surface area (Å²) < 4.78 is 0. The zero-order chi connectivity index (χ0) is 18.9. The molecule has 6 heteroatoms. The number of piperidine rings is 1. The highest BCUT2D eigenvalue weighted by molar-refractivity contribution is 5.74. The lowest BCUT2D eigenvalue weighted by atomic mass is 10.0. The van der Waals surface area contributed by atoms with Gasteiger partial charge < -0.3 is 15.5 Å². The summed E-state index contributed by atoms with van der Waals surface area (Å²) in [6, 6.07) is 6.46. The molecule has 0 aromatic carbocycles. The number of nitrogens with one attached hydrogen (secondary N) is 2. The molecule has 2 amide bonds. The van der Waals surface area contributed by atoms with E-state index in [9.17, 15) is 4.79 Å². The number of nitrogens with zero attached hydrogens (tertiary/aromatic N) is 3. The van der Waals surface area contributed by atoms with Crippen molar-refractivity contribution in [3.05, 3.63) is 30.1 Å². The SMILES string of the molecule is CC(C)CC(CN(C)C)NC(=O)NC1CCN(Cc2ccccn2)CC1. The van der Waals surface area contributed by atoms with Gasteiger partial charge in [0.05, 0.1) is 5.69 Å². The van der Waals surface area contributed by atoms with Crippen LogP contribution in [0.4, 0.5) is 4.79 Å². The Hall–Kier alpha value is -1.66. The van der Waals surface area contributed by atoms with Crippen LogP contribution >= 0.6 is 0 Å². The Morgan fingerprint density at radius 3 is 2.62 bits per heavy atom. The molecule has 1 aliphatic heterocycles. The maximum Gasteiger partial charge on any atom is 0.315 e. The number of likely N-dealkylation sites (tertiary alicyclic amines) is 1. The molecule has 0 radical (unpaired) electrons. The lowest BCUT2D eigenvalue weighted by Gasteiger charge is -2.32. The van der Waals surface area contributed by atoms with Crippen molar-refractivity contribution in [1.29, 1.82) is 0 Å². The van der Waals surface area contributed by atoms with Gasteiger partial charge in [0.15, 0.2) is 0 Å². The van der Waals surface area contributed by atoms with Gasteiger partial charge in [-0.3, -0.25) is 9.88 Å². The minimum Gasteiger partial charge on any atom is -0.335 e. The molecule has 146 valence electrons. The second-order valence-electron chi connectivity index (χ2n) is 8.08. The molecule has 1 aromatic rings. The second-order valence-corrected chi connectivity index (χ2v) is 8.08. The van der Waals surface area contributed by atoms with Crippen LogP contribution in [0.25, 0.3) is 0 Å². The van der Waals surface area contributed by atoms with Gasteiger partial charge in [0.25, 0.3) is 0 Å². The molecule has 2 rings (SSSR count). The van der Waals surface area contributed by atoms with Gasteiger partial charge in [-0.1, -0.05) is 19.9 Å². The van der Waals surface area contributed by atoms with Gasteiger partial charge in [0.2, 0.25) is 0 Å². The van der Waals surface area contributed by atoms with Crippen LogP contribution in [0.3, 0.4) is 0 Å². The summed E-state index contributed by atoms with van der Waals surface area (Å²) in [5, 5.41) is 6.33. The maximum absolute atomic E-state index is 12.4. The number of pyridine rings is 1. The minimum atomic E-state index is -0.0272. The highest BCUT2D eigenvalue weighted by Gasteiger charge is 2.22. The van der Waals surface area contributed by atoms with Crippen molar-refractivity contribution in [3.63, 3.8) is 0 Å². The van der Waals surface area contributed by atoms with Crippen molar-refractivity contribution in [2.75, 3.05) is 33.7 Å². The standard InChI is InChI=1S/C20H35N5O/c1-16(2)13-19(14-24(3)4)23-20(26)22-17-8-11-25(12-9-17)15-18-7-5-6-10-21-18/h5-7,10,16-17,19H,8-9,11-15H2,1-4H3,(H2,22,23,26). The number of carbonyl (C=O) groups excluding carboxylic acids is 1. The van der Waals surface area contributed by atoms with E-state index in [0.29, 0.717) is 5.92 Å². The molecule has 2 N–H and O–H groups in total. The molecule has 26 heavy (non-hydrogen) atoms. The number of urea groups is 1. The van der Waals surface area contributed by atoms with Crippen molar-refractivity contribution in [1.82, 2.24) is 25.4 Å². The van der Waals surface area contributed by atoms with Crippen LogP contribution in [-0.4, -0.2) is 66.6 Å². The predicted molar refractivity (Wildman–Crippen MR) is 106 cm³/mol. The smallest absolute Gasteiger partial charge is 0.315 e. The molecule has 1 saturated heterocycles. The van der Waals surface area contributed by atoms with Gasteiger partial charge in [0, 0.05) is 44.5 Å². The first-order valence-corrected chi connectivity index (χ1v) is 9.76. The Morgan fingerprint density at radius 1 is 1.31 bits per heavy atom. The number of aromatic nitrogens is 1. The second kappa shape index (κ2) is 10.5. The summed E-state index contributed by atoms with van der Waals surface area (Å²) in [5.41, 5.74) is 1.11. The Labute approximate surface area is 158 Å². The summed E-state index contributed by atoms with van der Waals surface area (Å²) >= 11 is 0. The average Bonchev–Trinajstić information content (AvgIpc) is 2.56. The van der Waals surface area contributed by atoms with E-state index < -0.39 is 0 Å². The fraction of sp³-hybridized carbons (Fsp3) is 0.700. The molecule has 1 atom stereocenters. The van der Waals surface area contributed by atoms with Crippen LogP contribution in [0.5, 0.6) is 0 Å². The molecule has 0 bridgehead atoms. The number of hydrogen-bond acceptors (Lipinski definition) is 4. The average molecular weight is 362 g/mol. The Morgan fingerprint density at radius 2 is 2.04 bits per heavy atom. The third-order valence-electron chi connectivity index (χ3n) is 4.71. The van der Waals surface area contributed by atoms with Crippen LogP contribution in [0.1, 0.15) is 38.8 Å². The van der Waals surface area contributed by atoms with E-state index in [2.05, 4.69) is 45.3 Å². The third-order valence-corrected chi connectivity index (χ3v) is 4.71. The van der Waals surface area contributed by atoms with Gasteiger partial charge >= 0.3 is 6.03 Å². The predicted octanol–water partition coefficient (Wildman–Crippen LogP) is 2.32. The fourth-order valence-corrected chi connectivity index (χ4v) is 3.56. The first-order valence-electron chi connectivity index (χ1n) is 9.76. The number of carbonyl (C=O) groups is 1. The van der Waals surface area contributed by atoms with E-state index in [4.69, 9.17) is 0 Å². The van der Waals surface area contributed by atoms with Crippen molar-refractivity contribution in [2.24, 2.45) is 5.92 Å². The summed E-state index contributed by atoms with van der Waals surface area (Å²) in [6.45, 7) is 8.13. The lowest BCUT2D eigenvalue weighted by Crippen LogP contribution is -2.51. The molecular formula is C20H35N5O. The van der Waals surface area contributed by atoms with Gasteiger partial charge in [-0.25, -0.2) is 4.79 Å². The van der Waals surface area contributed by atoms with Gasteiger partial charge in [0.1, 0.15) is 0 Å². The molecular weight excluding hydrogens is 326 g/mol. The first-order chi connectivity index (χ1) is 12.4. The van der Waals surface area contributed by atoms with Crippen LogP contribution in [-0.2, 0) is 6.54 Å². The number of rotatable bonds is 8. The van der Waals surface area contributed by atoms with Gasteiger partial charge in [-0.15, -0.1) is 0 Å². The van der Waals surface area contributed by atoms with Crippen LogP contribution in [0, 0.1) is 5.92 Å². The molecule has 0 aliphatic carbocycles. The third kappa shape index (κ3) is 7.70. The molecule has 1 aliphatic rings. The summed E-state index contributed by atoms with van der Waals surface area (Å²) in [5.74, 6) is 0.565. The number of likely N-dealkylation sites (N-methyl/N-ethyl adjacent to an activating group) is 1. The Balaban J connectivity index is 1.72. The molecule has 0 spiro atoms. The molecule has 1 fully saturated rings.